The number of amides is 2. The van der Waals surface area contributed by atoms with Crippen LogP contribution in [0.1, 0.15) is 0 Å². The van der Waals surface area contributed by atoms with Crippen molar-refractivity contribution in [3.63, 3.8) is 0 Å². The molecule has 0 saturated carbocycles. The number of halogens is 1. The third-order valence-electron chi connectivity index (χ3n) is 2.14. The molecule has 0 aliphatic carbocycles. The molecular weight excluding hydrogens is 252 g/mol. The maximum Gasteiger partial charge on any atom is 0.321 e. The van der Waals surface area contributed by atoms with Gasteiger partial charge in [0, 0.05) is 26.7 Å². The fourth-order valence-electron chi connectivity index (χ4n) is 1.27. The van der Waals surface area contributed by atoms with Gasteiger partial charge in [0.05, 0.1) is 7.11 Å². The van der Waals surface area contributed by atoms with E-state index in [1.165, 1.54) is 7.11 Å². The van der Waals surface area contributed by atoms with Crippen LogP contribution < -0.4 is 0 Å². The van der Waals surface area contributed by atoms with Crippen LogP contribution in [0.4, 0.5) is 4.79 Å². The lowest BCUT2D eigenvalue weighted by Crippen LogP contribution is -2.36. The lowest BCUT2D eigenvalue weighted by molar-refractivity contribution is -0.139. The Bertz CT molecular complexity index is 247. The summed E-state index contributed by atoms with van der Waals surface area (Å²) in [6.45, 7) is 1.73. The number of hydrogen-bond donors (Lipinski definition) is 0. The largest absolute Gasteiger partial charge is 0.468 e. The number of esters is 1. The van der Waals surface area contributed by atoms with E-state index in [9.17, 15) is 9.59 Å². The predicted octanol–water partition coefficient (Wildman–Crippen LogP) is 0.290. The van der Waals surface area contributed by atoms with Crippen LogP contribution in [0.25, 0.3) is 0 Å². The van der Waals surface area contributed by atoms with E-state index in [1.54, 1.807) is 16.8 Å². The van der Waals surface area contributed by atoms with Crippen LogP contribution in [0.2, 0.25) is 0 Å². The summed E-state index contributed by atoms with van der Waals surface area (Å²) in [5.74, 6) is -0.354. The van der Waals surface area contributed by atoms with Gasteiger partial charge in [0.2, 0.25) is 0 Å². The van der Waals surface area contributed by atoms with Crippen LogP contribution in [0.3, 0.4) is 0 Å². The minimum absolute atomic E-state index is 0.0432. The molecule has 80 valence electrons. The Labute approximate surface area is 91.1 Å². The van der Waals surface area contributed by atoms with Crippen molar-refractivity contribution in [2.75, 3.05) is 33.8 Å². The summed E-state index contributed by atoms with van der Waals surface area (Å²) < 4.78 is 4.55. The maximum atomic E-state index is 11.4. The van der Waals surface area contributed by atoms with Crippen molar-refractivity contribution in [3.05, 3.63) is 0 Å². The van der Waals surface area contributed by atoms with Gasteiger partial charge in [-0.25, -0.2) is 4.79 Å². The number of hydrogen-bond acceptors (Lipinski definition) is 3. The molecule has 1 rings (SSSR count). The summed E-state index contributed by atoms with van der Waals surface area (Å²) in [5.41, 5.74) is 0. The van der Waals surface area contributed by atoms with Gasteiger partial charge in [0.15, 0.2) is 0 Å². The highest BCUT2D eigenvalue weighted by atomic mass is 79.9. The molecule has 1 heterocycles. The van der Waals surface area contributed by atoms with E-state index in [-0.39, 0.29) is 12.0 Å². The van der Waals surface area contributed by atoms with Crippen LogP contribution in [0.5, 0.6) is 0 Å². The Hall–Kier alpha value is -0.780. The highest BCUT2D eigenvalue weighted by Gasteiger charge is 2.29. The molecule has 5 nitrogen and oxygen atoms in total. The second-order valence-corrected chi connectivity index (χ2v) is 4.25. The number of rotatable bonds is 3. The number of likely N-dealkylation sites (N-methyl/N-ethyl adjacent to an activating group) is 1. The summed E-state index contributed by atoms with van der Waals surface area (Å²) in [5, 5.41) is 0. The monoisotopic (exact) mass is 264 g/mol. The zero-order valence-corrected chi connectivity index (χ0v) is 9.78. The second kappa shape index (κ2) is 4.63. The van der Waals surface area contributed by atoms with Crippen molar-refractivity contribution in [1.82, 2.24) is 9.80 Å². The van der Waals surface area contributed by atoms with Crippen LogP contribution in [-0.2, 0) is 9.53 Å². The van der Waals surface area contributed by atoms with Gasteiger partial charge in [0.1, 0.15) is 4.83 Å². The number of carbonyl (C=O) groups excluding carboxylic acids is 2. The van der Waals surface area contributed by atoms with Crippen molar-refractivity contribution in [2.45, 2.75) is 4.83 Å². The molecule has 0 spiro atoms. The first-order valence-corrected chi connectivity index (χ1v) is 5.19. The van der Waals surface area contributed by atoms with Crippen LogP contribution >= 0.6 is 15.9 Å². The molecule has 14 heavy (non-hydrogen) atoms. The molecule has 0 aromatic heterocycles. The summed E-state index contributed by atoms with van der Waals surface area (Å²) in [4.78, 5) is 25.3. The number of methoxy groups -OCH3 is 1. The smallest absolute Gasteiger partial charge is 0.321 e. The summed E-state index contributed by atoms with van der Waals surface area (Å²) >= 11 is 3.17. The fraction of sp³-hybridized carbons (Fsp3) is 0.750. The molecular formula is C8H13BrN2O3. The van der Waals surface area contributed by atoms with Crippen molar-refractivity contribution in [1.29, 1.82) is 0 Å². The average Bonchev–Trinajstić information content (AvgIpc) is 2.48. The summed E-state index contributed by atoms with van der Waals surface area (Å²) in [6.07, 6.45) is 0. The zero-order chi connectivity index (χ0) is 10.7. The van der Waals surface area contributed by atoms with Crippen molar-refractivity contribution >= 4 is 27.9 Å². The summed E-state index contributed by atoms with van der Waals surface area (Å²) in [6, 6.07) is -0.0432. The van der Waals surface area contributed by atoms with E-state index >= 15 is 0 Å². The Morgan fingerprint density at radius 2 is 2.29 bits per heavy atom. The molecule has 1 aliphatic heterocycles. The third kappa shape index (κ3) is 2.37. The molecule has 2 amide bonds. The quantitative estimate of drug-likeness (QED) is 0.544. The van der Waals surface area contributed by atoms with E-state index in [4.69, 9.17) is 0 Å². The first-order valence-electron chi connectivity index (χ1n) is 4.28. The van der Waals surface area contributed by atoms with Crippen molar-refractivity contribution in [3.8, 4) is 0 Å². The Kier molecular flexibility index (Phi) is 3.74. The van der Waals surface area contributed by atoms with E-state index < -0.39 is 4.83 Å². The van der Waals surface area contributed by atoms with E-state index in [2.05, 4.69) is 20.7 Å². The molecule has 6 heteroatoms. The molecule has 1 saturated heterocycles. The summed E-state index contributed by atoms with van der Waals surface area (Å²) in [7, 11) is 3.07. The topological polar surface area (TPSA) is 49.9 Å². The first kappa shape index (κ1) is 11.3. The number of nitrogens with zero attached hydrogens (tertiary/aromatic N) is 2. The SMILES string of the molecule is COC(=O)C(Br)CN1CCN(C)C1=O. The van der Waals surface area contributed by atoms with E-state index in [0.29, 0.717) is 19.6 Å². The van der Waals surface area contributed by atoms with Crippen LogP contribution in [0.15, 0.2) is 0 Å². The Morgan fingerprint density at radius 3 is 2.71 bits per heavy atom. The molecule has 0 aromatic carbocycles. The van der Waals surface area contributed by atoms with Crippen molar-refractivity contribution in [2.24, 2.45) is 0 Å². The fourth-order valence-corrected chi connectivity index (χ4v) is 1.81. The average molecular weight is 265 g/mol. The highest BCUT2D eigenvalue weighted by Crippen LogP contribution is 2.11. The molecule has 0 bridgehead atoms. The number of carbonyl (C=O) groups is 2. The molecule has 1 atom stereocenters. The molecule has 0 aromatic rings. The molecule has 0 N–H and O–H groups in total. The first-order chi connectivity index (χ1) is 6.56. The highest BCUT2D eigenvalue weighted by molar-refractivity contribution is 9.10. The van der Waals surface area contributed by atoms with Gasteiger partial charge in [-0.05, 0) is 0 Å². The van der Waals surface area contributed by atoms with Crippen LogP contribution in [-0.4, -0.2) is 60.4 Å². The lowest BCUT2D eigenvalue weighted by atomic mass is 10.4. The van der Waals surface area contributed by atoms with Gasteiger partial charge >= 0.3 is 12.0 Å². The van der Waals surface area contributed by atoms with E-state index in [0.717, 1.165) is 0 Å². The Morgan fingerprint density at radius 1 is 1.64 bits per heavy atom. The minimum atomic E-state index is -0.442. The third-order valence-corrected chi connectivity index (χ3v) is 2.80. The van der Waals surface area contributed by atoms with Crippen LogP contribution in [0, 0.1) is 0 Å². The lowest BCUT2D eigenvalue weighted by Gasteiger charge is -2.17. The Balaban J connectivity index is 2.45. The molecule has 1 fully saturated rings. The second-order valence-electron chi connectivity index (χ2n) is 3.14. The molecule has 1 unspecified atom stereocenters. The van der Waals surface area contributed by atoms with Gasteiger partial charge in [-0.15, -0.1) is 0 Å². The van der Waals surface area contributed by atoms with Gasteiger partial charge in [-0.3, -0.25) is 4.79 Å². The van der Waals surface area contributed by atoms with Gasteiger partial charge in [-0.1, -0.05) is 15.9 Å². The molecule has 1 aliphatic rings. The van der Waals surface area contributed by atoms with Gasteiger partial charge < -0.3 is 14.5 Å². The van der Waals surface area contributed by atoms with E-state index in [1.807, 2.05) is 0 Å². The number of alkyl halides is 1. The van der Waals surface area contributed by atoms with Crippen molar-refractivity contribution < 1.29 is 14.3 Å². The number of urea groups is 1. The normalized spacial score (nSPS) is 18.6. The van der Waals surface area contributed by atoms with Gasteiger partial charge in [0.25, 0.3) is 0 Å². The van der Waals surface area contributed by atoms with Gasteiger partial charge in [-0.2, -0.15) is 0 Å². The standard InChI is InChI=1S/C8H13BrN2O3/c1-10-3-4-11(8(10)13)5-6(9)7(12)14-2/h6H,3-5H2,1-2H3. The molecule has 0 radical (unpaired) electrons. The zero-order valence-electron chi connectivity index (χ0n) is 8.20. The predicted molar refractivity (Wildman–Crippen MR) is 54.3 cm³/mol. The minimum Gasteiger partial charge on any atom is -0.468 e. The number of ether oxygens (including phenoxy) is 1. The maximum absolute atomic E-state index is 11.4.